The van der Waals surface area contributed by atoms with E-state index in [1.807, 2.05) is 25.1 Å². The van der Waals surface area contributed by atoms with Gasteiger partial charge in [0, 0.05) is 13.1 Å². The first kappa shape index (κ1) is 19.7. The van der Waals surface area contributed by atoms with Crippen LogP contribution in [0, 0.1) is 0 Å². The van der Waals surface area contributed by atoms with E-state index in [0.29, 0.717) is 25.4 Å². The fraction of sp³-hybridized carbons (Fsp3) is 0.364. The van der Waals surface area contributed by atoms with Gasteiger partial charge in [-0.2, -0.15) is 0 Å². The highest BCUT2D eigenvalue weighted by Crippen LogP contribution is 2.20. The number of fused-ring (bicyclic) bond motifs is 1. The standard InChI is InChI=1S/C22H25NO5/c1-3-26-19-8-10-20(11-9-19)27-15-21(24)28-16(2)22(25)23-13-12-17-6-4-5-7-18(17)14-23/h4-11,16H,3,12-15H2,1-2H3/t16-/m1/s1. The number of carbonyl (C=O) groups is 2. The number of hydrogen-bond donors (Lipinski definition) is 0. The second-order valence-corrected chi connectivity index (χ2v) is 6.60. The van der Waals surface area contributed by atoms with E-state index in [9.17, 15) is 9.59 Å². The van der Waals surface area contributed by atoms with E-state index in [1.165, 1.54) is 5.56 Å². The van der Waals surface area contributed by atoms with E-state index >= 15 is 0 Å². The van der Waals surface area contributed by atoms with Crippen LogP contribution in [0.25, 0.3) is 0 Å². The largest absolute Gasteiger partial charge is 0.494 e. The minimum atomic E-state index is -0.846. The number of rotatable bonds is 7. The molecule has 0 spiro atoms. The molecule has 0 radical (unpaired) electrons. The van der Waals surface area contributed by atoms with Crippen molar-refractivity contribution in [2.45, 2.75) is 32.9 Å². The maximum atomic E-state index is 12.6. The summed E-state index contributed by atoms with van der Waals surface area (Å²) in [5.41, 5.74) is 2.40. The Morgan fingerprint density at radius 2 is 1.64 bits per heavy atom. The van der Waals surface area contributed by atoms with Crippen molar-refractivity contribution in [1.29, 1.82) is 0 Å². The van der Waals surface area contributed by atoms with Crippen LogP contribution in [0.2, 0.25) is 0 Å². The lowest BCUT2D eigenvalue weighted by Gasteiger charge is -2.30. The average molecular weight is 383 g/mol. The van der Waals surface area contributed by atoms with Crippen LogP contribution < -0.4 is 9.47 Å². The molecule has 0 unspecified atom stereocenters. The van der Waals surface area contributed by atoms with Gasteiger partial charge < -0.3 is 19.1 Å². The van der Waals surface area contributed by atoms with Gasteiger partial charge in [0.2, 0.25) is 0 Å². The van der Waals surface area contributed by atoms with Crippen molar-refractivity contribution in [2.75, 3.05) is 19.8 Å². The molecular weight excluding hydrogens is 358 g/mol. The molecule has 0 saturated heterocycles. The third-order valence-electron chi connectivity index (χ3n) is 4.59. The highest BCUT2D eigenvalue weighted by Gasteiger charge is 2.26. The number of amides is 1. The van der Waals surface area contributed by atoms with Crippen LogP contribution in [0.15, 0.2) is 48.5 Å². The summed E-state index contributed by atoms with van der Waals surface area (Å²) in [5, 5.41) is 0. The first-order valence-electron chi connectivity index (χ1n) is 9.47. The lowest BCUT2D eigenvalue weighted by atomic mass is 9.99. The van der Waals surface area contributed by atoms with Crippen molar-refractivity contribution in [3.63, 3.8) is 0 Å². The van der Waals surface area contributed by atoms with Crippen molar-refractivity contribution >= 4 is 11.9 Å². The normalized spacial score (nSPS) is 14.0. The lowest BCUT2D eigenvalue weighted by Crippen LogP contribution is -2.43. The summed E-state index contributed by atoms with van der Waals surface area (Å²) in [4.78, 5) is 26.4. The van der Waals surface area contributed by atoms with Gasteiger partial charge in [0.05, 0.1) is 6.61 Å². The second-order valence-electron chi connectivity index (χ2n) is 6.60. The molecule has 1 aliphatic heterocycles. The summed E-state index contributed by atoms with van der Waals surface area (Å²) in [6, 6.07) is 15.1. The Hall–Kier alpha value is -3.02. The van der Waals surface area contributed by atoms with E-state index < -0.39 is 12.1 Å². The smallest absolute Gasteiger partial charge is 0.344 e. The molecule has 1 atom stereocenters. The van der Waals surface area contributed by atoms with Crippen LogP contribution in [0.4, 0.5) is 0 Å². The van der Waals surface area contributed by atoms with Gasteiger partial charge in [0.1, 0.15) is 11.5 Å². The third kappa shape index (κ3) is 5.03. The molecule has 1 aliphatic rings. The fourth-order valence-corrected chi connectivity index (χ4v) is 3.16. The molecule has 0 aromatic heterocycles. The van der Waals surface area contributed by atoms with Crippen LogP contribution in [-0.2, 0) is 27.3 Å². The number of carbonyl (C=O) groups excluding carboxylic acids is 2. The molecule has 0 fully saturated rings. The van der Waals surface area contributed by atoms with Crippen LogP contribution in [0.1, 0.15) is 25.0 Å². The van der Waals surface area contributed by atoms with Gasteiger partial charge in [0.25, 0.3) is 5.91 Å². The van der Waals surface area contributed by atoms with Crippen LogP contribution >= 0.6 is 0 Å². The molecular formula is C22H25NO5. The Balaban J connectivity index is 1.46. The summed E-state index contributed by atoms with van der Waals surface area (Å²) in [7, 11) is 0. The Kier molecular flexibility index (Phi) is 6.53. The zero-order chi connectivity index (χ0) is 19.9. The molecule has 1 heterocycles. The monoisotopic (exact) mass is 383 g/mol. The molecule has 1 amide bonds. The van der Waals surface area contributed by atoms with E-state index in [1.54, 1.807) is 36.1 Å². The van der Waals surface area contributed by atoms with Gasteiger partial charge in [-0.25, -0.2) is 4.79 Å². The first-order valence-corrected chi connectivity index (χ1v) is 9.47. The number of esters is 1. The highest BCUT2D eigenvalue weighted by atomic mass is 16.6. The molecule has 6 nitrogen and oxygen atoms in total. The van der Waals surface area contributed by atoms with Gasteiger partial charge in [-0.05, 0) is 55.7 Å². The van der Waals surface area contributed by atoms with Gasteiger partial charge in [-0.15, -0.1) is 0 Å². The number of hydrogen-bond acceptors (Lipinski definition) is 5. The fourth-order valence-electron chi connectivity index (χ4n) is 3.16. The second kappa shape index (κ2) is 9.26. The Morgan fingerprint density at radius 1 is 1.00 bits per heavy atom. The van der Waals surface area contributed by atoms with E-state index in [0.717, 1.165) is 17.7 Å². The van der Waals surface area contributed by atoms with Crippen molar-refractivity contribution in [2.24, 2.45) is 0 Å². The molecule has 2 aromatic rings. The molecule has 0 N–H and O–H groups in total. The number of benzene rings is 2. The van der Waals surface area contributed by atoms with Crippen LogP contribution in [0.5, 0.6) is 11.5 Å². The molecule has 0 bridgehead atoms. The maximum absolute atomic E-state index is 12.6. The Morgan fingerprint density at radius 3 is 2.32 bits per heavy atom. The number of ether oxygens (including phenoxy) is 3. The van der Waals surface area contributed by atoms with Gasteiger partial charge in [-0.1, -0.05) is 24.3 Å². The van der Waals surface area contributed by atoms with Crippen molar-refractivity contribution in [3.8, 4) is 11.5 Å². The maximum Gasteiger partial charge on any atom is 0.344 e. The zero-order valence-corrected chi connectivity index (χ0v) is 16.2. The van der Waals surface area contributed by atoms with E-state index in [2.05, 4.69) is 6.07 Å². The summed E-state index contributed by atoms with van der Waals surface area (Å²) in [6.45, 7) is 5.00. The lowest BCUT2D eigenvalue weighted by molar-refractivity contribution is -0.161. The summed E-state index contributed by atoms with van der Waals surface area (Å²) in [5.74, 6) is 0.503. The molecule has 28 heavy (non-hydrogen) atoms. The summed E-state index contributed by atoms with van der Waals surface area (Å²) >= 11 is 0. The first-order chi connectivity index (χ1) is 13.6. The van der Waals surface area contributed by atoms with Gasteiger partial charge >= 0.3 is 5.97 Å². The summed E-state index contributed by atoms with van der Waals surface area (Å²) < 4.78 is 16.0. The summed E-state index contributed by atoms with van der Waals surface area (Å²) in [6.07, 6.45) is -0.0367. The third-order valence-corrected chi connectivity index (χ3v) is 4.59. The molecule has 3 rings (SSSR count). The van der Waals surface area contributed by atoms with Crippen LogP contribution in [-0.4, -0.2) is 42.6 Å². The topological polar surface area (TPSA) is 65.1 Å². The molecule has 2 aromatic carbocycles. The molecule has 6 heteroatoms. The Bertz CT molecular complexity index is 818. The predicted molar refractivity (Wildman–Crippen MR) is 104 cm³/mol. The van der Waals surface area contributed by atoms with Gasteiger partial charge in [0.15, 0.2) is 12.7 Å². The van der Waals surface area contributed by atoms with E-state index in [-0.39, 0.29) is 12.5 Å². The SMILES string of the molecule is CCOc1ccc(OCC(=O)O[C@H](C)C(=O)N2CCc3ccccc3C2)cc1. The van der Waals surface area contributed by atoms with Crippen molar-refractivity contribution in [3.05, 3.63) is 59.7 Å². The zero-order valence-electron chi connectivity index (χ0n) is 16.2. The Labute approximate surface area is 165 Å². The van der Waals surface area contributed by atoms with Crippen molar-refractivity contribution in [1.82, 2.24) is 4.90 Å². The van der Waals surface area contributed by atoms with Crippen molar-refractivity contribution < 1.29 is 23.8 Å². The highest BCUT2D eigenvalue weighted by molar-refractivity contribution is 5.84. The average Bonchev–Trinajstić information content (AvgIpc) is 2.72. The molecule has 0 aliphatic carbocycles. The van der Waals surface area contributed by atoms with E-state index in [4.69, 9.17) is 14.2 Å². The number of nitrogens with zero attached hydrogens (tertiary/aromatic N) is 1. The predicted octanol–water partition coefficient (Wildman–Crippen LogP) is 2.98. The minimum absolute atomic E-state index is 0.191. The van der Waals surface area contributed by atoms with Crippen LogP contribution in [0.3, 0.4) is 0 Å². The minimum Gasteiger partial charge on any atom is -0.494 e. The van der Waals surface area contributed by atoms with Gasteiger partial charge in [-0.3, -0.25) is 4.79 Å². The molecule has 148 valence electrons. The quantitative estimate of drug-likeness (QED) is 0.688. The molecule has 0 saturated carbocycles.